The molecule has 3 heteroatoms. The van der Waals surface area contributed by atoms with Gasteiger partial charge in [-0.05, 0) is 18.6 Å². The summed E-state index contributed by atoms with van der Waals surface area (Å²) in [5, 5.41) is 1.28. The summed E-state index contributed by atoms with van der Waals surface area (Å²) < 4.78 is 5.58. The van der Waals surface area contributed by atoms with E-state index in [2.05, 4.69) is 6.92 Å². The number of unbranched alkanes of at least 4 members (excludes halogenated alkanes) is 4. The standard InChI is InChI=1S/C13H18Cl2O/c1-2-3-4-5-6-9-16-13-10-11(14)7-8-12(13)15/h7-8,10H,2-6,9H2,1H3. The van der Waals surface area contributed by atoms with Crippen molar-refractivity contribution in [2.24, 2.45) is 0 Å². The molecule has 0 N–H and O–H groups in total. The summed E-state index contributed by atoms with van der Waals surface area (Å²) in [6.45, 7) is 2.92. The predicted octanol–water partition coefficient (Wildman–Crippen LogP) is 5.34. The predicted molar refractivity (Wildman–Crippen MR) is 70.7 cm³/mol. The molecule has 0 radical (unpaired) electrons. The Balaban J connectivity index is 2.23. The molecule has 0 aliphatic heterocycles. The van der Waals surface area contributed by atoms with Gasteiger partial charge in [0, 0.05) is 11.1 Å². The molecule has 0 aromatic heterocycles. The Hall–Kier alpha value is -0.400. The Morgan fingerprint density at radius 2 is 1.81 bits per heavy atom. The molecule has 0 heterocycles. The van der Waals surface area contributed by atoms with Gasteiger partial charge in [-0.3, -0.25) is 0 Å². The minimum atomic E-state index is 0.623. The number of benzene rings is 1. The van der Waals surface area contributed by atoms with Gasteiger partial charge in [-0.15, -0.1) is 0 Å². The van der Waals surface area contributed by atoms with Gasteiger partial charge in [0.25, 0.3) is 0 Å². The molecule has 0 atom stereocenters. The van der Waals surface area contributed by atoms with Crippen LogP contribution in [0.4, 0.5) is 0 Å². The molecule has 0 fully saturated rings. The van der Waals surface area contributed by atoms with E-state index in [0.717, 1.165) is 6.42 Å². The molecule has 90 valence electrons. The summed E-state index contributed by atoms with van der Waals surface area (Å²) in [4.78, 5) is 0. The zero-order valence-corrected chi connectivity index (χ0v) is 11.2. The second kappa shape index (κ2) is 7.81. The molecule has 1 nitrogen and oxygen atoms in total. The molecule has 0 bridgehead atoms. The van der Waals surface area contributed by atoms with Gasteiger partial charge in [-0.1, -0.05) is 55.8 Å². The number of hydrogen-bond donors (Lipinski definition) is 0. The summed E-state index contributed by atoms with van der Waals surface area (Å²) in [6.07, 6.45) is 6.14. The lowest BCUT2D eigenvalue weighted by Gasteiger charge is -2.08. The maximum atomic E-state index is 5.98. The second-order valence-corrected chi connectivity index (χ2v) is 4.68. The van der Waals surface area contributed by atoms with Crippen LogP contribution in [0.2, 0.25) is 10.0 Å². The van der Waals surface area contributed by atoms with Crippen LogP contribution in [0.15, 0.2) is 18.2 Å². The van der Waals surface area contributed by atoms with Gasteiger partial charge in [0.2, 0.25) is 0 Å². The molecule has 0 aliphatic rings. The SMILES string of the molecule is CCCCCCCOc1cc(Cl)ccc1Cl. The lowest BCUT2D eigenvalue weighted by Crippen LogP contribution is -1.97. The van der Waals surface area contributed by atoms with Crippen molar-refractivity contribution < 1.29 is 4.74 Å². The van der Waals surface area contributed by atoms with Crippen LogP contribution < -0.4 is 4.74 Å². The first-order valence-corrected chi connectivity index (χ1v) is 6.57. The summed E-state index contributed by atoms with van der Waals surface area (Å²) in [5.74, 6) is 0.685. The van der Waals surface area contributed by atoms with Gasteiger partial charge in [-0.2, -0.15) is 0 Å². The van der Waals surface area contributed by atoms with Gasteiger partial charge >= 0.3 is 0 Å². The van der Waals surface area contributed by atoms with Gasteiger partial charge in [0.1, 0.15) is 5.75 Å². The number of rotatable bonds is 7. The van der Waals surface area contributed by atoms with E-state index >= 15 is 0 Å². The lowest BCUT2D eigenvalue weighted by molar-refractivity contribution is 0.305. The fourth-order valence-corrected chi connectivity index (χ4v) is 1.81. The number of hydrogen-bond acceptors (Lipinski definition) is 1. The van der Waals surface area contributed by atoms with Crippen LogP contribution in [0.3, 0.4) is 0 Å². The normalized spacial score (nSPS) is 10.4. The van der Waals surface area contributed by atoms with E-state index in [4.69, 9.17) is 27.9 Å². The highest BCUT2D eigenvalue weighted by atomic mass is 35.5. The van der Waals surface area contributed by atoms with E-state index in [9.17, 15) is 0 Å². The first kappa shape index (κ1) is 13.7. The number of ether oxygens (including phenoxy) is 1. The Morgan fingerprint density at radius 3 is 2.56 bits per heavy atom. The monoisotopic (exact) mass is 260 g/mol. The quantitative estimate of drug-likeness (QED) is 0.602. The summed E-state index contributed by atoms with van der Waals surface area (Å²) in [5.41, 5.74) is 0. The zero-order chi connectivity index (χ0) is 11.8. The third kappa shape index (κ3) is 5.09. The maximum Gasteiger partial charge on any atom is 0.139 e. The molecule has 0 saturated heterocycles. The third-order valence-corrected chi connectivity index (χ3v) is 2.95. The highest BCUT2D eigenvalue weighted by Gasteiger charge is 2.01. The van der Waals surface area contributed by atoms with Crippen LogP contribution in [0.5, 0.6) is 5.75 Å². The van der Waals surface area contributed by atoms with Gasteiger partial charge in [0.05, 0.1) is 11.6 Å². The van der Waals surface area contributed by atoms with Crippen LogP contribution in [-0.2, 0) is 0 Å². The van der Waals surface area contributed by atoms with Crippen LogP contribution >= 0.6 is 23.2 Å². The van der Waals surface area contributed by atoms with Crippen molar-refractivity contribution in [3.05, 3.63) is 28.2 Å². The Labute approximate surface area is 108 Å². The average molecular weight is 261 g/mol. The van der Waals surface area contributed by atoms with Crippen molar-refractivity contribution in [2.75, 3.05) is 6.61 Å². The van der Waals surface area contributed by atoms with Crippen molar-refractivity contribution >= 4 is 23.2 Å². The lowest BCUT2D eigenvalue weighted by atomic mass is 10.2. The van der Waals surface area contributed by atoms with Crippen LogP contribution in [0.25, 0.3) is 0 Å². The first-order valence-electron chi connectivity index (χ1n) is 5.82. The van der Waals surface area contributed by atoms with Crippen molar-refractivity contribution in [2.45, 2.75) is 39.0 Å². The first-order chi connectivity index (χ1) is 7.74. The van der Waals surface area contributed by atoms with E-state index in [1.165, 1.54) is 25.7 Å². The van der Waals surface area contributed by atoms with Gasteiger partial charge in [-0.25, -0.2) is 0 Å². The van der Waals surface area contributed by atoms with E-state index < -0.39 is 0 Å². The van der Waals surface area contributed by atoms with Gasteiger partial charge in [0.15, 0.2) is 0 Å². The van der Waals surface area contributed by atoms with Crippen LogP contribution in [0.1, 0.15) is 39.0 Å². The maximum absolute atomic E-state index is 5.98. The minimum absolute atomic E-state index is 0.623. The summed E-state index contributed by atoms with van der Waals surface area (Å²) >= 11 is 11.8. The van der Waals surface area contributed by atoms with Crippen molar-refractivity contribution in [1.29, 1.82) is 0 Å². The van der Waals surface area contributed by atoms with E-state index in [1.54, 1.807) is 18.2 Å². The summed E-state index contributed by atoms with van der Waals surface area (Å²) in [7, 11) is 0. The smallest absolute Gasteiger partial charge is 0.139 e. The highest BCUT2D eigenvalue weighted by Crippen LogP contribution is 2.27. The molecule has 0 aliphatic carbocycles. The molecular formula is C13H18Cl2O. The second-order valence-electron chi connectivity index (χ2n) is 3.84. The largest absolute Gasteiger partial charge is 0.492 e. The van der Waals surface area contributed by atoms with E-state index in [-0.39, 0.29) is 0 Å². The molecule has 0 amide bonds. The van der Waals surface area contributed by atoms with Crippen LogP contribution in [-0.4, -0.2) is 6.61 Å². The molecule has 1 aromatic rings. The molecule has 0 unspecified atom stereocenters. The highest BCUT2D eigenvalue weighted by molar-refractivity contribution is 6.34. The molecule has 0 saturated carbocycles. The van der Waals surface area contributed by atoms with Gasteiger partial charge < -0.3 is 4.74 Å². The molecule has 0 spiro atoms. The fourth-order valence-electron chi connectivity index (χ4n) is 1.48. The third-order valence-electron chi connectivity index (χ3n) is 2.40. The fraction of sp³-hybridized carbons (Fsp3) is 0.538. The molecule has 1 rings (SSSR count). The van der Waals surface area contributed by atoms with E-state index in [1.807, 2.05) is 0 Å². The Bertz CT molecular complexity index is 313. The van der Waals surface area contributed by atoms with Crippen molar-refractivity contribution in [3.8, 4) is 5.75 Å². The molecule has 1 aromatic carbocycles. The molecular weight excluding hydrogens is 243 g/mol. The minimum Gasteiger partial charge on any atom is -0.492 e. The Kier molecular flexibility index (Phi) is 6.67. The van der Waals surface area contributed by atoms with Crippen molar-refractivity contribution in [1.82, 2.24) is 0 Å². The summed E-state index contributed by atoms with van der Waals surface area (Å²) in [6, 6.07) is 5.28. The number of halogens is 2. The van der Waals surface area contributed by atoms with Crippen molar-refractivity contribution in [3.63, 3.8) is 0 Å². The zero-order valence-electron chi connectivity index (χ0n) is 9.64. The Morgan fingerprint density at radius 1 is 1.06 bits per heavy atom. The topological polar surface area (TPSA) is 9.23 Å². The molecule has 16 heavy (non-hydrogen) atoms. The van der Waals surface area contributed by atoms with E-state index in [0.29, 0.717) is 22.4 Å². The van der Waals surface area contributed by atoms with Crippen LogP contribution in [0, 0.1) is 0 Å². The average Bonchev–Trinajstić information content (AvgIpc) is 2.28.